The smallest absolute Gasteiger partial charge is 0.343 e. The first-order valence-electron chi connectivity index (χ1n) is 6.41. The number of carbonyl (C=O) groups is 2. The number of carboxylic acids is 1. The lowest BCUT2D eigenvalue weighted by Gasteiger charge is -2.17. The zero-order valence-corrected chi connectivity index (χ0v) is 12.4. The van der Waals surface area contributed by atoms with Crippen LogP contribution in [0.3, 0.4) is 0 Å². The van der Waals surface area contributed by atoms with Gasteiger partial charge >= 0.3 is 5.97 Å². The number of aliphatic carboxylic acids is 1. The first-order chi connectivity index (χ1) is 9.94. The molecule has 1 heterocycles. The number of amides is 1. The molecule has 1 fully saturated rings. The van der Waals surface area contributed by atoms with Crippen molar-refractivity contribution in [2.75, 3.05) is 26.0 Å². The quantitative estimate of drug-likeness (QED) is 0.840. The van der Waals surface area contributed by atoms with E-state index in [9.17, 15) is 14.0 Å². The summed E-state index contributed by atoms with van der Waals surface area (Å²) in [6.07, 6.45) is -0.155. The van der Waals surface area contributed by atoms with Gasteiger partial charge in [-0.1, -0.05) is 6.07 Å². The Morgan fingerprint density at radius 3 is 2.90 bits per heavy atom. The van der Waals surface area contributed by atoms with E-state index in [4.69, 9.17) is 9.84 Å². The number of hydrogen-bond donors (Lipinski definition) is 1. The molecule has 0 saturated carbocycles. The maximum Gasteiger partial charge on any atom is 0.343 e. The highest BCUT2D eigenvalue weighted by Crippen LogP contribution is 2.28. The Bertz CT molecular complexity index is 554. The Kier molecular flexibility index (Phi) is 4.72. The number of benzene rings is 1. The van der Waals surface area contributed by atoms with E-state index in [0.717, 1.165) is 4.90 Å². The standard InChI is InChI=1S/C14H16FNO4S/c1-20-10-3-2-4-11(7-10)21-8-12(17)16-6-5-14(15,9-16)13(18)19/h2-4,7H,5-6,8-9H2,1H3,(H,18,19). The Labute approximate surface area is 126 Å². The highest BCUT2D eigenvalue weighted by molar-refractivity contribution is 8.00. The Hall–Kier alpha value is -1.76. The predicted octanol–water partition coefficient (Wildman–Crippen LogP) is 1.81. The summed E-state index contributed by atoms with van der Waals surface area (Å²) < 4.78 is 19.0. The number of carboxylic acid groups (broad SMARTS) is 1. The Morgan fingerprint density at radius 1 is 1.52 bits per heavy atom. The van der Waals surface area contributed by atoms with E-state index in [2.05, 4.69) is 0 Å². The van der Waals surface area contributed by atoms with Crippen LogP contribution in [0.4, 0.5) is 4.39 Å². The van der Waals surface area contributed by atoms with E-state index in [1.165, 1.54) is 16.7 Å². The minimum absolute atomic E-state index is 0.139. The van der Waals surface area contributed by atoms with E-state index < -0.39 is 11.6 Å². The van der Waals surface area contributed by atoms with Gasteiger partial charge in [-0.05, 0) is 18.2 Å². The van der Waals surface area contributed by atoms with Gasteiger partial charge in [-0.25, -0.2) is 9.18 Å². The van der Waals surface area contributed by atoms with Crippen LogP contribution in [0.15, 0.2) is 29.2 Å². The van der Waals surface area contributed by atoms with Crippen molar-refractivity contribution in [2.45, 2.75) is 17.0 Å². The summed E-state index contributed by atoms with van der Waals surface area (Å²) in [5.74, 6) is -0.924. The lowest BCUT2D eigenvalue weighted by atomic mass is 10.1. The SMILES string of the molecule is COc1cccc(SCC(=O)N2CCC(F)(C(=O)O)C2)c1. The summed E-state index contributed by atoms with van der Waals surface area (Å²) in [6.45, 7) is -0.236. The molecular weight excluding hydrogens is 297 g/mol. The normalized spacial score (nSPS) is 21.3. The second kappa shape index (κ2) is 6.34. The van der Waals surface area contributed by atoms with Crippen molar-refractivity contribution in [3.8, 4) is 5.75 Å². The van der Waals surface area contributed by atoms with E-state index in [0.29, 0.717) is 5.75 Å². The second-order valence-corrected chi connectivity index (χ2v) is 5.85. The summed E-state index contributed by atoms with van der Waals surface area (Å²) in [5.41, 5.74) is -2.31. The van der Waals surface area contributed by atoms with Gasteiger partial charge in [0.05, 0.1) is 19.4 Å². The third-order valence-electron chi connectivity index (χ3n) is 3.36. The van der Waals surface area contributed by atoms with Crippen molar-refractivity contribution in [1.82, 2.24) is 4.90 Å². The first kappa shape index (κ1) is 15.6. The van der Waals surface area contributed by atoms with Gasteiger partial charge in [0, 0.05) is 17.9 Å². The van der Waals surface area contributed by atoms with Gasteiger partial charge in [0.1, 0.15) is 5.75 Å². The van der Waals surface area contributed by atoms with E-state index in [-0.39, 0.29) is 31.2 Å². The van der Waals surface area contributed by atoms with Crippen LogP contribution >= 0.6 is 11.8 Å². The van der Waals surface area contributed by atoms with Gasteiger partial charge < -0.3 is 14.7 Å². The maximum absolute atomic E-state index is 13.9. The molecule has 1 saturated heterocycles. The lowest BCUT2D eigenvalue weighted by Crippen LogP contribution is -2.39. The molecule has 7 heteroatoms. The van der Waals surface area contributed by atoms with Crippen molar-refractivity contribution < 1.29 is 23.8 Å². The number of thioether (sulfide) groups is 1. The molecule has 21 heavy (non-hydrogen) atoms. The fourth-order valence-corrected chi connectivity index (χ4v) is 2.93. The highest BCUT2D eigenvalue weighted by atomic mass is 32.2. The number of hydrogen-bond acceptors (Lipinski definition) is 4. The molecule has 0 radical (unpaired) electrons. The van der Waals surface area contributed by atoms with Crippen LogP contribution in [-0.2, 0) is 9.59 Å². The fraction of sp³-hybridized carbons (Fsp3) is 0.429. The second-order valence-electron chi connectivity index (χ2n) is 4.80. The molecule has 5 nitrogen and oxygen atoms in total. The van der Waals surface area contributed by atoms with Crippen LogP contribution in [-0.4, -0.2) is 53.5 Å². The van der Waals surface area contributed by atoms with Crippen LogP contribution in [0.2, 0.25) is 0 Å². The van der Waals surface area contributed by atoms with Crippen LogP contribution in [0.1, 0.15) is 6.42 Å². The number of methoxy groups -OCH3 is 1. The molecule has 1 unspecified atom stereocenters. The minimum atomic E-state index is -2.31. The van der Waals surface area contributed by atoms with Gasteiger partial charge in [-0.2, -0.15) is 0 Å². The third-order valence-corrected chi connectivity index (χ3v) is 4.34. The summed E-state index contributed by atoms with van der Waals surface area (Å²) in [6, 6.07) is 7.27. The number of likely N-dealkylation sites (tertiary alicyclic amines) is 1. The van der Waals surface area contributed by atoms with Crippen molar-refractivity contribution in [3.63, 3.8) is 0 Å². The molecule has 2 rings (SSSR count). The van der Waals surface area contributed by atoms with Crippen LogP contribution in [0.25, 0.3) is 0 Å². The van der Waals surface area contributed by atoms with Crippen LogP contribution in [0.5, 0.6) is 5.75 Å². The number of ether oxygens (including phenoxy) is 1. The highest BCUT2D eigenvalue weighted by Gasteiger charge is 2.46. The van der Waals surface area contributed by atoms with Gasteiger partial charge in [-0.3, -0.25) is 4.79 Å². The number of alkyl halides is 1. The molecule has 1 aromatic carbocycles. The molecule has 114 valence electrons. The van der Waals surface area contributed by atoms with Crippen LogP contribution < -0.4 is 4.74 Å². The van der Waals surface area contributed by atoms with Gasteiger partial charge in [-0.15, -0.1) is 11.8 Å². The summed E-state index contributed by atoms with van der Waals surface area (Å²) >= 11 is 1.31. The van der Waals surface area contributed by atoms with Crippen molar-refractivity contribution >= 4 is 23.6 Å². The number of nitrogens with zero attached hydrogens (tertiary/aromatic N) is 1. The Morgan fingerprint density at radius 2 is 2.29 bits per heavy atom. The monoisotopic (exact) mass is 313 g/mol. The van der Waals surface area contributed by atoms with Crippen LogP contribution in [0, 0.1) is 0 Å². The van der Waals surface area contributed by atoms with E-state index in [1.807, 2.05) is 12.1 Å². The zero-order chi connectivity index (χ0) is 15.5. The largest absolute Gasteiger partial charge is 0.497 e. The molecular formula is C14H16FNO4S. The maximum atomic E-state index is 13.9. The van der Waals surface area contributed by atoms with E-state index >= 15 is 0 Å². The fourth-order valence-electron chi connectivity index (χ4n) is 2.09. The topological polar surface area (TPSA) is 66.8 Å². The minimum Gasteiger partial charge on any atom is -0.497 e. The summed E-state index contributed by atoms with van der Waals surface area (Å²) in [4.78, 5) is 24.9. The first-order valence-corrected chi connectivity index (χ1v) is 7.40. The molecule has 1 atom stereocenters. The number of halogens is 1. The van der Waals surface area contributed by atoms with Gasteiger partial charge in [0.15, 0.2) is 0 Å². The molecule has 1 aliphatic heterocycles. The zero-order valence-electron chi connectivity index (χ0n) is 11.5. The number of carbonyl (C=O) groups excluding carboxylic acids is 1. The molecule has 0 aromatic heterocycles. The molecule has 0 bridgehead atoms. The molecule has 1 aliphatic rings. The summed E-state index contributed by atoms with van der Waals surface area (Å²) in [5, 5.41) is 8.81. The average molecular weight is 313 g/mol. The molecule has 1 N–H and O–H groups in total. The predicted molar refractivity (Wildman–Crippen MR) is 76.4 cm³/mol. The van der Waals surface area contributed by atoms with Crippen molar-refractivity contribution in [2.24, 2.45) is 0 Å². The molecule has 0 aliphatic carbocycles. The van der Waals surface area contributed by atoms with Crippen molar-refractivity contribution in [1.29, 1.82) is 0 Å². The molecule has 1 aromatic rings. The van der Waals surface area contributed by atoms with E-state index in [1.54, 1.807) is 19.2 Å². The Balaban J connectivity index is 1.89. The third kappa shape index (κ3) is 3.66. The molecule has 1 amide bonds. The van der Waals surface area contributed by atoms with Crippen molar-refractivity contribution in [3.05, 3.63) is 24.3 Å². The average Bonchev–Trinajstić information content (AvgIpc) is 2.89. The lowest BCUT2D eigenvalue weighted by molar-refractivity contribution is -0.150. The van der Waals surface area contributed by atoms with Gasteiger partial charge in [0.25, 0.3) is 0 Å². The number of rotatable bonds is 5. The summed E-state index contributed by atoms with van der Waals surface area (Å²) in [7, 11) is 1.56. The van der Waals surface area contributed by atoms with Gasteiger partial charge in [0.2, 0.25) is 11.6 Å². The molecule has 0 spiro atoms.